The van der Waals surface area contributed by atoms with E-state index in [1.54, 1.807) is 30.3 Å². The number of amides is 1. The van der Waals surface area contributed by atoms with Crippen LogP contribution >= 0.6 is 0 Å². The standard InChI is InChI=1S/C24H27N7O2/c1-31-13-20(22(30-31)21(32)10-15-4-2-3-5-15)29-24(33)23-19(27-17-11-25-14-26-12-17)9-8-18(28-23)16-6-7-16/h8-9,11-16,27H,2-7,10H2,1H3,(H,29,33). The van der Waals surface area contributed by atoms with Gasteiger partial charge < -0.3 is 10.6 Å². The number of ketones is 1. The summed E-state index contributed by atoms with van der Waals surface area (Å²) in [7, 11) is 1.75. The molecule has 3 aromatic rings. The van der Waals surface area contributed by atoms with Gasteiger partial charge >= 0.3 is 0 Å². The topological polar surface area (TPSA) is 115 Å². The molecule has 170 valence electrons. The van der Waals surface area contributed by atoms with Crippen LogP contribution in [0.4, 0.5) is 17.1 Å². The van der Waals surface area contributed by atoms with E-state index in [0.717, 1.165) is 31.4 Å². The van der Waals surface area contributed by atoms with Gasteiger partial charge in [0.2, 0.25) is 0 Å². The molecule has 0 aliphatic heterocycles. The van der Waals surface area contributed by atoms with Gasteiger partial charge in [-0.05, 0) is 30.9 Å². The molecule has 2 saturated carbocycles. The molecule has 0 unspecified atom stereocenters. The summed E-state index contributed by atoms with van der Waals surface area (Å²) in [6.07, 6.45) is 13.5. The summed E-state index contributed by atoms with van der Waals surface area (Å²) in [4.78, 5) is 39.0. The number of nitrogens with one attached hydrogen (secondary N) is 2. The van der Waals surface area contributed by atoms with Gasteiger partial charge in [-0.2, -0.15) is 5.10 Å². The average molecular weight is 446 g/mol. The third-order valence-corrected chi connectivity index (χ3v) is 6.26. The number of aryl methyl sites for hydroxylation is 1. The maximum absolute atomic E-state index is 13.4. The van der Waals surface area contributed by atoms with Crippen LogP contribution in [0.2, 0.25) is 0 Å². The van der Waals surface area contributed by atoms with Gasteiger partial charge in [-0.3, -0.25) is 14.3 Å². The van der Waals surface area contributed by atoms with Gasteiger partial charge in [0.1, 0.15) is 6.33 Å². The van der Waals surface area contributed by atoms with E-state index in [9.17, 15) is 9.59 Å². The fourth-order valence-electron chi connectivity index (χ4n) is 4.41. The van der Waals surface area contributed by atoms with Gasteiger partial charge in [0.25, 0.3) is 5.91 Å². The minimum atomic E-state index is -0.389. The Bertz CT molecular complexity index is 1160. The molecule has 2 aliphatic rings. The lowest BCUT2D eigenvalue weighted by molar-refractivity contribution is 0.0957. The number of Topliss-reactive ketones (excluding diaryl/α,β-unsaturated/α-hetero) is 1. The molecule has 0 radical (unpaired) electrons. The predicted octanol–water partition coefficient (Wildman–Crippen LogP) is 4.24. The Hall–Kier alpha value is -3.62. The Morgan fingerprint density at radius 1 is 1.03 bits per heavy atom. The molecule has 0 bridgehead atoms. The number of rotatable bonds is 8. The quantitative estimate of drug-likeness (QED) is 0.498. The lowest BCUT2D eigenvalue weighted by atomic mass is 9.99. The second-order valence-corrected chi connectivity index (χ2v) is 8.96. The Labute approximate surface area is 192 Å². The molecule has 3 heterocycles. The number of anilines is 3. The molecule has 0 spiro atoms. The van der Waals surface area contributed by atoms with Crippen molar-refractivity contribution in [3.05, 3.63) is 54.1 Å². The fraction of sp³-hybridized carbons (Fsp3) is 0.417. The molecular formula is C24H27N7O2. The molecule has 33 heavy (non-hydrogen) atoms. The molecule has 9 heteroatoms. The first kappa shape index (κ1) is 21.2. The lowest BCUT2D eigenvalue weighted by Crippen LogP contribution is -2.18. The smallest absolute Gasteiger partial charge is 0.276 e. The minimum absolute atomic E-state index is 0.0303. The summed E-state index contributed by atoms with van der Waals surface area (Å²) in [6.45, 7) is 0. The van der Waals surface area contributed by atoms with E-state index >= 15 is 0 Å². The van der Waals surface area contributed by atoms with E-state index in [4.69, 9.17) is 0 Å². The SMILES string of the molecule is Cn1cc(NC(=O)c2nc(C3CC3)ccc2Nc2cncnc2)c(C(=O)CC2CCCC2)n1. The second-order valence-electron chi connectivity index (χ2n) is 8.96. The number of pyridine rings is 1. The van der Waals surface area contributed by atoms with Gasteiger partial charge in [-0.1, -0.05) is 25.7 Å². The molecule has 9 nitrogen and oxygen atoms in total. The first-order valence-corrected chi connectivity index (χ1v) is 11.5. The molecule has 0 atom stereocenters. The summed E-state index contributed by atoms with van der Waals surface area (Å²) < 4.78 is 1.56. The molecule has 0 saturated heterocycles. The fourth-order valence-corrected chi connectivity index (χ4v) is 4.41. The van der Waals surface area contributed by atoms with Crippen LogP contribution in [0.1, 0.15) is 77.5 Å². The van der Waals surface area contributed by atoms with E-state index in [0.29, 0.717) is 41.0 Å². The van der Waals surface area contributed by atoms with Crippen molar-refractivity contribution in [3.63, 3.8) is 0 Å². The van der Waals surface area contributed by atoms with Crippen LogP contribution in [0.5, 0.6) is 0 Å². The van der Waals surface area contributed by atoms with Crippen molar-refractivity contribution in [3.8, 4) is 0 Å². The monoisotopic (exact) mass is 445 g/mol. The van der Waals surface area contributed by atoms with Crippen molar-refractivity contribution < 1.29 is 9.59 Å². The first-order valence-electron chi connectivity index (χ1n) is 11.5. The average Bonchev–Trinajstić information content (AvgIpc) is 3.42. The highest BCUT2D eigenvalue weighted by molar-refractivity contribution is 6.10. The molecule has 1 amide bonds. The van der Waals surface area contributed by atoms with E-state index < -0.39 is 0 Å². The van der Waals surface area contributed by atoms with Crippen LogP contribution in [-0.2, 0) is 7.05 Å². The second kappa shape index (κ2) is 9.09. The molecular weight excluding hydrogens is 418 g/mol. The van der Waals surface area contributed by atoms with E-state index in [2.05, 4.69) is 30.7 Å². The summed E-state index contributed by atoms with van der Waals surface area (Å²) in [5.41, 5.74) is 3.09. The van der Waals surface area contributed by atoms with Gasteiger partial charge in [0, 0.05) is 31.3 Å². The van der Waals surface area contributed by atoms with Crippen LogP contribution in [0.3, 0.4) is 0 Å². The Morgan fingerprint density at radius 3 is 2.52 bits per heavy atom. The zero-order valence-electron chi connectivity index (χ0n) is 18.6. The van der Waals surface area contributed by atoms with Crippen LogP contribution in [0.25, 0.3) is 0 Å². The molecule has 3 aromatic heterocycles. The largest absolute Gasteiger partial charge is 0.351 e. The van der Waals surface area contributed by atoms with Gasteiger partial charge in [0.05, 0.1) is 29.5 Å². The van der Waals surface area contributed by atoms with Crippen molar-refractivity contribution in [1.29, 1.82) is 0 Å². The molecule has 0 aromatic carbocycles. The summed E-state index contributed by atoms with van der Waals surface area (Å²) >= 11 is 0. The van der Waals surface area contributed by atoms with E-state index in [1.807, 2.05) is 12.1 Å². The highest BCUT2D eigenvalue weighted by Gasteiger charge is 2.28. The molecule has 2 N–H and O–H groups in total. The molecule has 5 rings (SSSR count). The van der Waals surface area contributed by atoms with Crippen molar-refractivity contribution >= 4 is 28.8 Å². The predicted molar refractivity (Wildman–Crippen MR) is 124 cm³/mol. The maximum Gasteiger partial charge on any atom is 0.276 e. The normalized spacial score (nSPS) is 16.0. The highest BCUT2D eigenvalue weighted by Crippen LogP contribution is 2.40. The van der Waals surface area contributed by atoms with Crippen LogP contribution < -0.4 is 10.6 Å². The summed E-state index contributed by atoms with van der Waals surface area (Å²) in [5.74, 6) is 0.383. The van der Waals surface area contributed by atoms with Crippen LogP contribution in [-0.4, -0.2) is 36.4 Å². The van der Waals surface area contributed by atoms with Crippen LogP contribution in [0, 0.1) is 5.92 Å². The number of nitrogens with zero attached hydrogens (tertiary/aromatic N) is 5. The number of hydrogen-bond acceptors (Lipinski definition) is 7. The Kier molecular flexibility index (Phi) is 5.85. The number of carbonyl (C=O) groups excluding carboxylic acids is 2. The Morgan fingerprint density at radius 2 is 1.79 bits per heavy atom. The molecule has 2 fully saturated rings. The van der Waals surface area contributed by atoms with Crippen molar-refractivity contribution in [1.82, 2.24) is 24.7 Å². The third-order valence-electron chi connectivity index (χ3n) is 6.26. The minimum Gasteiger partial charge on any atom is -0.351 e. The highest BCUT2D eigenvalue weighted by atomic mass is 16.2. The van der Waals surface area contributed by atoms with Crippen LogP contribution in [0.15, 0.2) is 37.1 Å². The summed E-state index contributed by atoms with van der Waals surface area (Å²) in [5, 5.41) is 10.4. The van der Waals surface area contributed by atoms with Crippen molar-refractivity contribution in [2.45, 2.75) is 50.9 Å². The van der Waals surface area contributed by atoms with E-state index in [1.165, 1.54) is 19.2 Å². The zero-order valence-corrected chi connectivity index (χ0v) is 18.6. The number of hydrogen-bond donors (Lipinski definition) is 2. The Balaban J connectivity index is 1.40. The van der Waals surface area contributed by atoms with Gasteiger partial charge in [-0.15, -0.1) is 0 Å². The lowest BCUT2D eigenvalue weighted by Gasteiger charge is -2.13. The van der Waals surface area contributed by atoms with Gasteiger partial charge in [0.15, 0.2) is 17.2 Å². The number of carbonyl (C=O) groups is 2. The first-order chi connectivity index (χ1) is 16.1. The zero-order chi connectivity index (χ0) is 22.8. The number of aromatic nitrogens is 5. The van der Waals surface area contributed by atoms with Crippen molar-refractivity contribution in [2.24, 2.45) is 13.0 Å². The molecule has 2 aliphatic carbocycles. The summed E-state index contributed by atoms with van der Waals surface area (Å²) in [6, 6.07) is 3.80. The maximum atomic E-state index is 13.4. The van der Waals surface area contributed by atoms with E-state index in [-0.39, 0.29) is 17.4 Å². The van der Waals surface area contributed by atoms with Gasteiger partial charge in [-0.25, -0.2) is 15.0 Å². The third kappa shape index (κ3) is 4.92. The van der Waals surface area contributed by atoms with Crippen molar-refractivity contribution in [2.75, 3.05) is 10.6 Å².